The van der Waals surface area contributed by atoms with Crippen molar-refractivity contribution >= 4 is 51.4 Å². The maximum absolute atomic E-state index is 13.4. The maximum Gasteiger partial charge on any atom is 0.305 e. The smallest absolute Gasteiger partial charge is 0.305 e. The van der Waals surface area contributed by atoms with Gasteiger partial charge in [-0.25, -0.2) is 4.98 Å². The number of carbonyl (C=O) groups excluding carboxylic acids is 4. The lowest BCUT2D eigenvalue weighted by molar-refractivity contribution is -0.141. The van der Waals surface area contributed by atoms with E-state index < -0.39 is 54.1 Å². The predicted molar refractivity (Wildman–Crippen MR) is 160 cm³/mol. The van der Waals surface area contributed by atoms with E-state index in [4.69, 9.17) is 5.73 Å². The Balaban J connectivity index is 1.50. The molecule has 12 nitrogen and oxygen atoms in total. The number of aromatic nitrogens is 2. The molecule has 12 heteroatoms. The molecule has 2 aromatic heterocycles. The van der Waals surface area contributed by atoms with Crippen LogP contribution in [-0.2, 0) is 25.6 Å². The number of carboxylic acid groups (broad SMARTS) is 1. The second-order valence-electron chi connectivity index (χ2n) is 10.8. The lowest BCUT2D eigenvalue weighted by Gasteiger charge is -2.25. The van der Waals surface area contributed by atoms with Gasteiger partial charge < -0.3 is 31.8 Å². The van der Waals surface area contributed by atoms with Crippen LogP contribution in [0.5, 0.6) is 0 Å². The first-order chi connectivity index (χ1) is 20.5. The molecule has 0 aliphatic rings. The van der Waals surface area contributed by atoms with Crippen LogP contribution >= 0.6 is 0 Å². The zero-order valence-electron chi connectivity index (χ0n) is 23.8. The molecular weight excluding hydrogens is 552 g/mol. The van der Waals surface area contributed by atoms with E-state index in [0.29, 0.717) is 0 Å². The van der Waals surface area contributed by atoms with Crippen LogP contribution < -0.4 is 21.7 Å². The third-order valence-corrected chi connectivity index (χ3v) is 6.91. The monoisotopic (exact) mass is 586 g/mol. The van der Waals surface area contributed by atoms with E-state index in [1.54, 1.807) is 42.6 Å². The lowest BCUT2D eigenvalue weighted by atomic mass is 10.0. The number of nitrogens with one attached hydrogen (secondary N) is 4. The Labute approximate surface area is 247 Å². The lowest BCUT2D eigenvalue weighted by Crippen LogP contribution is -2.57. The molecule has 2 heterocycles. The first-order valence-corrected chi connectivity index (χ1v) is 13.8. The highest BCUT2D eigenvalue weighted by Crippen LogP contribution is 2.25. The summed E-state index contributed by atoms with van der Waals surface area (Å²) in [5.74, 6) is -4.46. The summed E-state index contributed by atoms with van der Waals surface area (Å²) in [4.78, 5) is 70.9. The van der Waals surface area contributed by atoms with E-state index in [-0.39, 0.29) is 24.5 Å². The average Bonchev–Trinajstić information content (AvgIpc) is 3.34. The van der Waals surface area contributed by atoms with E-state index in [1.807, 2.05) is 38.1 Å². The third kappa shape index (κ3) is 7.94. The van der Waals surface area contributed by atoms with Crippen molar-refractivity contribution in [3.05, 3.63) is 78.1 Å². The second kappa shape index (κ2) is 13.6. The van der Waals surface area contributed by atoms with Gasteiger partial charge in [0.2, 0.25) is 17.7 Å². The number of hydrogen-bond acceptors (Lipinski definition) is 6. The van der Waals surface area contributed by atoms with Crippen LogP contribution in [0.3, 0.4) is 0 Å². The van der Waals surface area contributed by atoms with Gasteiger partial charge in [0.1, 0.15) is 23.8 Å². The van der Waals surface area contributed by atoms with Gasteiger partial charge in [0.25, 0.3) is 5.91 Å². The SMILES string of the molecule is CC(C)C[C@H](NC(=O)c1cc2c(cn1)[nH]c1ccccc12)C(=O)N[C@@H](CC(=O)O)C(=O)N[C@@H](Cc1ccccc1)C(N)=O. The molecule has 0 unspecified atom stereocenters. The Kier molecular flexibility index (Phi) is 9.71. The highest BCUT2D eigenvalue weighted by atomic mass is 16.4. The van der Waals surface area contributed by atoms with Gasteiger partial charge in [-0.1, -0.05) is 62.4 Å². The number of rotatable bonds is 13. The number of para-hydroxylation sites is 1. The molecule has 7 N–H and O–H groups in total. The van der Waals surface area contributed by atoms with Crippen molar-refractivity contribution in [3.63, 3.8) is 0 Å². The Bertz CT molecular complexity index is 1650. The summed E-state index contributed by atoms with van der Waals surface area (Å²) in [6.45, 7) is 3.70. The standard InChI is InChI=1S/C31H34N6O6/c1-17(2)12-24(36-29(41)23-14-20-19-10-6-7-11-21(19)34-26(20)16-33-23)30(42)37-25(15-27(38)39)31(43)35-22(28(32)40)13-18-8-4-3-5-9-18/h3-11,14,16-17,22,24-25,34H,12-13,15H2,1-2H3,(H2,32,40)(H,35,43)(H,36,41)(H,37,42)(H,38,39)/t22-,24-,25-/m0/s1. The number of carboxylic acids is 1. The van der Waals surface area contributed by atoms with Crippen LogP contribution in [0.15, 0.2) is 66.9 Å². The summed E-state index contributed by atoms with van der Waals surface area (Å²) >= 11 is 0. The van der Waals surface area contributed by atoms with Crippen molar-refractivity contribution in [2.24, 2.45) is 11.7 Å². The Morgan fingerprint density at radius 3 is 2.16 bits per heavy atom. The van der Waals surface area contributed by atoms with Crippen LogP contribution in [0, 0.1) is 5.92 Å². The summed E-state index contributed by atoms with van der Waals surface area (Å²) in [7, 11) is 0. The molecule has 43 heavy (non-hydrogen) atoms. The molecule has 0 aliphatic heterocycles. The number of primary amides is 1. The molecule has 2 aromatic carbocycles. The fourth-order valence-corrected chi connectivity index (χ4v) is 4.81. The molecule has 0 fully saturated rings. The number of nitrogens with zero attached hydrogens (tertiary/aromatic N) is 1. The Morgan fingerprint density at radius 2 is 1.49 bits per heavy atom. The summed E-state index contributed by atoms with van der Waals surface area (Å²) < 4.78 is 0. The molecule has 0 saturated heterocycles. The van der Waals surface area contributed by atoms with Crippen LogP contribution in [0.4, 0.5) is 0 Å². The minimum atomic E-state index is -1.53. The van der Waals surface area contributed by atoms with Gasteiger partial charge in [-0.05, 0) is 30.0 Å². The van der Waals surface area contributed by atoms with Gasteiger partial charge in [0.15, 0.2) is 0 Å². The van der Waals surface area contributed by atoms with Gasteiger partial charge in [0, 0.05) is 22.7 Å². The van der Waals surface area contributed by atoms with Gasteiger partial charge in [0.05, 0.1) is 18.1 Å². The van der Waals surface area contributed by atoms with E-state index in [2.05, 4.69) is 25.9 Å². The molecule has 4 rings (SSSR count). The van der Waals surface area contributed by atoms with E-state index in [1.165, 1.54) is 0 Å². The van der Waals surface area contributed by atoms with E-state index in [9.17, 15) is 29.1 Å². The predicted octanol–water partition coefficient (Wildman–Crippen LogP) is 2.03. The number of fused-ring (bicyclic) bond motifs is 3. The normalized spacial score (nSPS) is 13.3. The third-order valence-electron chi connectivity index (χ3n) is 6.91. The Morgan fingerprint density at radius 1 is 0.837 bits per heavy atom. The number of hydrogen-bond donors (Lipinski definition) is 6. The number of benzene rings is 2. The summed E-state index contributed by atoms with van der Waals surface area (Å²) in [6, 6.07) is 14.3. The molecule has 0 saturated carbocycles. The van der Waals surface area contributed by atoms with Crippen molar-refractivity contribution in [2.75, 3.05) is 0 Å². The largest absolute Gasteiger partial charge is 0.481 e. The minimum Gasteiger partial charge on any atom is -0.481 e. The molecule has 0 spiro atoms. The van der Waals surface area contributed by atoms with Gasteiger partial charge >= 0.3 is 5.97 Å². The van der Waals surface area contributed by atoms with Crippen LogP contribution in [0.2, 0.25) is 0 Å². The topological polar surface area (TPSA) is 196 Å². The molecule has 3 atom stereocenters. The maximum atomic E-state index is 13.4. The molecule has 0 radical (unpaired) electrons. The van der Waals surface area contributed by atoms with Gasteiger partial charge in [-0.15, -0.1) is 0 Å². The van der Waals surface area contributed by atoms with Crippen molar-refractivity contribution in [3.8, 4) is 0 Å². The van der Waals surface area contributed by atoms with E-state index in [0.717, 1.165) is 27.4 Å². The highest BCUT2D eigenvalue weighted by molar-refractivity contribution is 6.09. The number of aliphatic carboxylic acids is 1. The van der Waals surface area contributed by atoms with Crippen molar-refractivity contribution in [1.29, 1.82) is 0 Å². The van der Waals surface area contributed by atoms with Crippen molar-refractivity contribution in [1.82, 2.24) is 25.9 Å². The number of carbonyl (C=O) groups is 5. The van der Waals surface area contributed by atoms with Crippen molar-refractivity contribution in [2.45, 2.75) is 51.2 Å². The van der Waals surface area contributed by atoms with E-state index >= 15 is 0 Å². The highest BCUT2D eigenvalue weighted by Gasteiger charge is 2.31. The fraction of sp³-hybridized carbons (Fsp3) is 0.290. The summed E-state index contributed by atoms with van der Waals surface area (Å²) in [6.07, 6.45) is 1.07. The van der Waals surface area contributed by atoms with Gasteiger partial charge in [-0.2, -0.15) is 0 Å². The first-order valence-electron chi connectivity index (χ1n) is 13.8. The number of nitrogens with two attached hydrogens (primary N) is 1. The quantitative estimate of drug-likeness (QED) is 0.138. The minimum absolute atomic E-state index is 0.0445. The van der Waals surface area contributed by atoms with Crippen molar-refractivity contribution < 1.29 is 29.1 Å². The van der Waals surface area contributed by atoms with Crippen LogP contribution in [0.25, 0.3) is 21.8 Å². The molecule has 0 aliphatic carbocycles. The van der Waals surface area contributed by atoms with Crippen LogP contribution in [0.1, 0.15) is 42.7 Å². The molecular formula is C31H34N6O6. The molecule has 224 valence electrons. The average molecular weight is 587 g/mol. The zero-order chi connectivity index (χ0) is 31.1. The van der Waals surface area contributed by atoms with Gasteiger partial charge in [-0.3, -0.25) is 24.0 Å². The number of H-pyrrole nitrogens is 1. The van der Waals surface area contributed by atoms with Crippen LogP contribution in [-0.4, -0.2) is 62.8 Å². The zero-order valence-corrected chi connectivity index (χ0v) is 23.8. The number of pyridine rings is 1. The number of amides is 4. The molecule has 4 amide bonds. The Hall–Kier alpha value is -5.26. The molecule has 4 aromatic rings. The summed E-state index contributed by atoms with van der Waals surface area (Å²) in [5.41, 5.74) is 7.94. The fourth-order valence-electron chi connectivity index (χ4n) is 4.81. The second-order valence-corrected chi connectivity index (χ2v) is 10.8. The summed E-state index contributed by atoms with van der Waals surface area (Å²) in [5, 5.41) is 18.7. The number of aromatic amines is 1. The molecule has 0 bridgehead atoms. The first kappa shape index (κ1) is 30.7.